The smallest absolute Gasteiger partial charge is 0.391 e. The van der Waals surface area contributed by atoms with Crippen LogP contribution in [-0.2, 0) is 6.18 Å². The number of hydrogen-bond donors (Lipinski definition) is 3. The van der Waals surface area contributed by atoms with Crippen molar-refractivity contribution in [3.63, 3.8) is 0 Å². The molecule has 7 heteroatoms. The number of anilines is 1. The summed E-state index contributed by atoms with van der Waals surface area (Å²) in [5.41, 5.74) is -0.501. The van der Waals surface area contributed by atoms with Gasteiger partial charge in [-0.3, -0.25) is 0 Å². The quantitative estimate of drug-likeness (QED) is 0.787. The summed E-state index contributed by atoms with van der Waals surface area (Å²) in [6, 6.07) is 3.67. The van der Waals surface area contributed by atoms with Crippen LogP contribution in [0.25, 0.3) is 0 Å². The summed E-state index contributed by atoms with van der Waals surface area (Å²) in [4.78, 5) is 11.7. The van der Waals surface area contributed by atoms with Gasteiger partial charge in [-0.05, 0) is 43.0 Å². The van der Waals surface area contributed by atoms with Crippen molar-refractivity contribution in [2.24, 2.45) is 5.92 Å². The molecule has 1 aromatic rings. The van der Waals surface area contributed by atoms with Gasteiger partial charge >= 0.3 is 12.2 Å². The maximum absolute atomic E-state index is 12.4. The largest absolute Gasteiger partial charge is 0.416 e. The van der Waals surface area contributed by atoms with E-state index < -0.39 is 23.9 Å². The fraction of sp³-hybridized carbons (Fsp3) is 0.562. The minimum atomic E-state index is -4.40. The molecule has 1 atom stereocenters. The highest BCUT2D eigenvalue weighted by atomic mass is 19.4. The molecule has 2 amide bonds. The monoisotopic (exact) mass is 330 g/mol. The lowest BCUT2D eigenvalue weighted by Gasteiger charge is -2.26. The molecule has 1 aliphatic carbocycles. The van der Waals surface area contributed by atoms with Gasteiger partial charge in [0, 0.05) is 12.2 Å². The minimum absolute atomic E-state index is 0.136. The van der Waals surface area contributed by atoms with E-state index in [1.165, 1.54) is 18.6 Å². The van der Waals surface area contributed by atoms with E-state index >= 15 is 0 Å². The summed E-state index contributed by atoms with van der Waals surface area (Å²) in [5, 5.41) is 15.0. The summed E-state index contributed by atoms with van der Waals surface area (Å²) in [7, 11) is 0. The number of nitrogens with one attached hydrogen (secondary N) is 2. The van der Waals surface area contributed by atoms with Gasteiger partial charge in [0.25, 0.3) is 0 Å². The number of carbonyl (C=O) groups excluding carboxylic acids is 1. The van der Waals surface area contributed by atoms with Crippen molar-refractivity contribution in [2.75, 3.05) is 11.9 Å². The first-order valence-electron chi connectivity index (χ1n) is 7.76. The summed E-state index contributed by atoms with van der Waals surface area (Å²) >= 11 is 0. The number of aliphatic hydroxyl groups excluding tert-OH is 1. The standard InChI is InChI=1S/C16H21F3N2O2/c17-16(18,19)12-6-8-13(9-7-12)21-15(23)20-10-14(22)11-4-2-1-3-5-11/h6-9,11,14,22H,1-5,10H2,(H2,20,21,23). The van der Waals surface area contributed by atoms with Crippen LogP contribution in [0.15, 0.2) is 24.3 Å². The van der Waals surface area contributed by atoms with Gasteiger partial charge in [-0.15, -0.1) is 0 Å². The SMILES string of the molecule is O=C(NCC(O)C1CCCCC1)Nc1ccc(C(F)(F)F)cc1. The Morgan fingerprint density at radius 1 is 1.17 bits per heavy atom. The molecule has 0 bridgehead atoms. The van der Waals surface area contributed by atoms with Crippen LogP contribution in [0.1, 0.15) is 37.7 Å². The van der Waals surface area contributed by atoms with E-state index in [0.29, 0.717) is 0 Å². The Labute approximate surface area is 133 Å². The molecule has 0 spiro atoms. The molecule has 0 radical (unpaired) electrons. The van der Waals surface area contributed by atoms with Gasteiger partial charge in [0.15, 0.2) is 0 Å². The molecular formula is C16H21F3N2O2. The molecule has 1 aromatic carbocycles. The Morgan fingerprint density at radius 3 is 2.35 bits per heavy atom. The van der Waals surface area contributed by atoms with Gasteiger partial charge in [0.1, 0.15) is 0 Å². The highest BCUT2D eigenvalue weighted by Crippen LogP contribution is 2.30. The van der Waals surface area contributed by atoms with Crippen molar-refractivity contribution < 1.29 is 23.1 Å². The Morgan fingerprint density at radius 2 is 1.78 bits per heavy atom. The predicted octanol–water partition coefficient (Wildman–Crippen LogP) is 3.77. The Bertz CT molecular complexity index is 511. The maximum atomic E-state index is 12.4. The first kappa shape index (κ1) is 17.6. The molecular weight excluding hydrogens is 309 g/mol. The van der Waals surface area contributed by atoms with Gasteiger partial charge in [0.2, 0.25) is 0 Å². The first-order chi connectivity index (χ1) is 10.9. The third-order valence-corrected chi connectivity index (χ3v) is 4.14. The fourth-order valence-corrected chi connectivity index (χ4v) is 2.80. The predicted molar refractivity (Wildman–Crippen MR) is 81.0 cm³/mol. The van der Waals surface area contributed by atoms with Crippen molar-refractivity contribution in [3.05, 3.63) is 29.8 Å². The second kappa shape index (κ2) is 7.68. The number of urea groups is 1. The van der Waals surface area contributed by atoms with E-state index in [9.17, 15) is 23.1 Å². The van der Waals surface area contributed by atoms with Crippen LogP contribution in [0.2, 0.25) is 0 Å². The number of amides is 2. The van der Waals surface area contributed by atoms with Crippen molar-refractivity contribution in [3.8, 4) is 0 Å². The number of carbonyl (C=O) groups is 1. The summed E-state index contributed by atoms with van der Waals surface area (Å²) < 4.78 is 37.3. The van der Waals surface area contributed by atoms with Crippen LogP contribution in [-0.4, -0.2) is 23.8 Å². The van der Waals surface area contributed by atoms with Gasteiger partial charge in [0.05, 0.1) is 11.7 Å². The van der Waals surface area contributed by atoms with Crippen LogP contribution < -0.4 is 10.6 Å². The zero-order chi connectivity index (χ0) is 16.9. The second-order valence-electron chi connectivity index (χ2n) is 5.88. The number of rotatable bonds is 4. The van der Waals surface area contributed by atoms with Gasteiger partial charge < -0.3 is 15.7 Å². The maximum Gasteiger partial charge on any atom is 0.416 e. The lowest BCUT2D eigenvalue weighted by molar-refractivity contribution is -0.137. The third kappa shape index (κ3) is 5.42. The van der Waals surface area contributed by atoms with E-state index in [2.05, 4.69) is 10.6 Å². The zero-order valence-corrected chi connectivity index (χ0v) is 12.7. The topological polar surface area (TPSA) is 61.4 Å². The van der Waals surface area contributed by atoms with Gasteiger partial charge in [-0.2, -0.15) is 13.2 Å². The van der Waals surface area contributed by atoms with Crippen molar-refractivity contribution in [1.29, 1.82) is 0 Å². The van der Waals surface area contributed by atoms with Crippen molar-refractivity contribution >= 4 is 11.7 Å². The fourth-order valence-electron chi connectivity index (χ4n) is 2.80. The van der Waals surface area contributed by atoms with Crippen LogP contribution in [0.4, 0.5) is 23.7 Å². The average Bonchev–Trinajstić information content (AvgIpc) is 2.53. The van der Waals surface area contributed by atoms with Crippen LogP contribution in [0.3, 0.4) is 0 Å². The molecule has 128 valence electrons. The molecule has 0 aliphatic heterocycles. The van der Waals surface area contributed by atoms with Crippen LogP contribution in [0.5, 0.6) is 0 Å². The van der Waals surface area contributed by atoms with E-state index in [0.717, 1.165) is 37.8 Å². The van der Waals surface area contributed by atoms with Gasteiger partial charge in [-0.1, -0.05) is 19.3 Å². The van der Waals surface area contributed by atoms with E-state index in [1.807, 2.05) is 0 Å². The third-order valence-electron chi connectivity index (χ3n) is 4.14. The van der Waals surface area contributed by atoms with Crippen LogP contribution in [0, 0.1) is 5.92 Å². The number of halogens is 3. The number of alkyl halides is 3. The van der Waals surface area contributed by atoms with Crippen molar-refractivity contribution in [2.45, 2.75) is 44.4 Å². The molecule has 1 aliphatic rings. The Kier molecular flexibility index (Phi) is 5.87. The molecule has 0 aromatic heterocycles. The molecule has 1 fully saturated rings. The van der Waals surface area contributed by atoms with E-state index in [1.54, 1.807) is 0 Å². The lowest BCUT2D eigenvalue weighted by Crippen LogP contribution is -2.39. The molecule has 1 saturated carbocycles. The van der Waals surface area contributed by atoms with E-state index in [4.69, 9.17) is 0 Å². The normalized spacial score (nSPS) is 17.6. The molecule has 23 heavy (non-hydrogen) atoms. The zero-order valence-electron chi connectivity index (χ0n) is 12.7. The van der Waals surface area contributed by atoms with Crippen molar-refractivity contribution in [1.82, 2.24) is 5.32 Å². The number of hydrogen-bond acceptors (Lipinski definition) is 2. The first-order valence-corrected chi connectivity index (χ1v) is 7.76. The number of benzene rings is 1. The molecule has 1 unspecified atom stereocenters. The molecule has 3 N–H and O–H groups in total. The van der Waals surface area contributed by atoms with Gasteiger partial charge in [-0.25, -0.2) is 4.79 Å². The van der Waals surface area contributed by atoms with E-state index in [-0.39, 0.29) is 18.2 Å². The highest BCUT2D eigenvalue weighted by Gasteiger charge is 2.30. The number of aliphatic hydroxyl groups is 1. The summed E-state index contributed by atoms with van der Waals surface area (Å²) in [6.07, 6.45) is 0.315. The van der Waals surface area contributed by atoms with Crippen LogP contribution >= 0.6 is 0 Å². The lowest BCUT2D eigenvalue weighted by atomic mass is 9.85. The highest BCUT2D eigenvalue weighted by molar-refractivity contribution is 5.89. The summed E-state index contributed by atoms with van der Waals surface area (Å²) in [6.45, 7) is 0.136. The summed E-state index contributed by atoms with van der Waals surface area (Å²) in [5.74, 6) is 0.204. The second-order valence-corrected chi connectivity index (χ2v) is 5.88. The molecule has 2 rings (SSSR count). The molecule has 0 saturated heterocycles. The minimum Gasteiger partial charge on any atom is -0.391 e. The molecule has 4 nitrogen and oxygen atoms in total. The Balaban J connectivity index is 1.78. The molecule has 0 heterocycles. The average molecular weight is 330 g/mol. The Hall–Kier alpha value is -1.76.